The van der Waals surface area contributed by atoms with Crippen LogP contribution in [0.15, 0.2) is 57.2 Å². The van der Waals surface area contributed by atoms with Crippen molar-refractivity contribution in [1.82, 2.24) is 19.7 Å². The first-order chi connectivity index (χ1) is 12.6. The number of fused-ring (bicyclic) bond motifs is 1. The van der Waals surface area contributed by atoms with E-state index in [2.05, 4.69) is 31.1 Å². The fraction of sp³-hybridized carbons (Fsp3) is 0. The molecule has 2 aromatic heterocycles. The highest BCUT2D eigenvalue weighted by Crippen LogP contribution is 2.19. The molecule has 0 unspecified atom stereocenters. The van der Waals surface area contributed by atoms with Gasteiger partial charge in [0.2, 0.25) is 5.13 Å². The lowest BCUT2D eigenvalue weighted by Gasteiger charge is -2.08. The van der Waals surface area contributed by atoms with E-state index in [1.165, 1.54) is 15.9 Å². The van der Waals surface area contributed by atoms with Gasteiger partial charge in [-0.1, -0.05) is 57.1 Å². The predicted molar refractivity (Wildman–Crippen MR) is 109 cm³/mol. The predicted octanol–water partition coefficient (Wildman–Crippen LogP) is 4.82. The fourth-order valence-electron chi connectivity index (χ4n) is 2.48. The molecule has 0 fully saturated rings. The third-order valence-corrected chi connectivity index (χ3v) is 5.13. The lowest BCUT2D eigenvalue weighted by atomic mass is 10.2. The molecule has 0 saturated heterocycles. The maximum Gasteiger partial charge on any atom is 0.268 e. The van der Waals surface area contributed by atoms with Gasteiger partial charge >= 0.3 is 0 Å². The van der Waals surface area contributed by atoms with Crippen LogP contribution in [0, 0.1) is 0 Å². The van der Waals surface area contributed by atoms with Gasteiger partial charge in [-0.2, -0.15) is 0 Å². The van der Waals surface area contributed by atoms with Crippen molar-refractivity contribution < 1.29 is 0 Å². The molecule has 0 aliphatic rings. The van der Waals surface area contributed by atoms with E-state index in [0.717, 1.165) is 10.0 Å². The monoisotopic (exact) mass is 444 g/mol. The molecule has 128 valence electrons. The van der Waals surface area contributed by atoms with E-state index in [-0.39, 0.29) is 5.56 Å². The Morgan fingerprint density at radius 1 is 1.12 bits per heavy atom. The molecule has 8 heteroatoms. The lowest BCUT2D eigenvalue weighted by molar-refractivity contribution is 0.898. The van der Waals surface area contributed by atoms with Crippen molar-refractivity contribution in [2.45, 2.75) is 0 Å². The summed E-state index contributed by atoms with van der Waals surface area (Å²) in [5, 5.41) is 9.33. The van der Waals surface area contributed by atoms with Gasteiger partial charge in [-0.15, -0.1) is 10.2 Å². The second-order valence-electron chi connectivity index (χ2n) is 5.38. The van der Waals surface area contributed by atoms with Gasteiger partial charge in [-0.3, -0.25) is 4.79 Å². The molecule has 4 rings (SSSR count). The Labute approximate surface area is 165 Å². The van der Waals surface area contributed by atoms with E-state index in [9.17, 15) is 4.79 Å². The molecule has 2 aromatic carbocycles. The minimum Gasteiger partial charge on any atom is -0.268 e. The number of aromatic nitrogens is 4. The smallest absolute Gasteiger partial charge is 0.268 e. The van der Waals surface area contributed by atoms with E-state index in [1.807, 2.05) is 30.3 Å². The number of hydrogen-bond donors (Lipinski definition) is 0. The van der Waals surface area contributed by atoms with Crippen LogP contribution < -0.4 is 5.56 Å². The first kappa shape index (κ1) is 17.1. The molecule has 0 N–H and O–H groups in total. The van der Waals surface area contributed by atoms with E-state index in [0.29, 0.717) is 26.9 Å². The van der Waals surface area contributed by atoms with Crippen molar-refractivity contribution >= 4 is 61.9 Å². The summed E-state index contributed by atoms with van der Waals surface area (Å²) in [6.07, 6.45) is 3.68. The Kier molecular flexibility index (Phi) is 4.67. The molecule has 4 aromatic rings. The maximum atomic E-state index is 13.0. The summed E-state index contributed by atoms with van der Waals surface area (Å²) in [7, 11) is 0. The SMILES string of the molecule is O=c1c2ccc(Cl)cc2nc(/C=C/c2ccc(Br)cc2)n1-c1nncs1. The highest BCUT2D eigenvalue weighted by atomic mass is 79.9. The Balaban J connectivity index is 1.92. The molecule has 0 aliphatic heterocycles. The highest BCUT2D eigenvalue weighted by molar-refractivity contribution is 9.10. The van der Waals surface area contributed by atoms with Crippen molar-refractivity contribution in [3.8, 4) is 5.13 Å². The Bertz CT molecular complexity index is 1170. The number of nitrogens with zero attached hydrogens (tertiary/aromatic N) is 4. The van der Waals surface area contributed by atoms with Crippen LogP contribution in [0.3, 0.4) is 0 Å². The first-order valence-corrected chi connectivity index (χ1v) is 9.59. The first-order valence-electron chi connectivity index (χ1n) is 7.54. The third kappa shape index (κ3) is 3.33. The summed E-state index contributed by atoms with van der Waals surface area (Å²) in [4.78, 5) is 17.6. The fourth-order valence-corrected chi connectivity index (χ4v) is 3.48. The second-order valence-corrected chi connectivity index (χ2v) is 7.54. The zero-order valence-electron chi connectivity index (χ0n) is 13.1. The second kappa shape index (κ2) is 7.11. The molecule has 0 bridgehead atoms. The van der Waals surface area contributed by atoms with Gasteiger partial charge in [0.05, 0.1) is 10.9 Å². The van der Waals surface area contributed by atoms with Crippen LogP contribution in [-0.4, -0.2) is 19.7 Å². The molecule has 0 radical (unpaired) electrons. The quantitative estimate of drug-likeness (QED) is 0.453. The minimum atomic E-state index is -0.209. The van der Waals surface area contributed by atoms with E-state index in [4.69, 9.17) is 11.6 Å². The van der Waals surface area contributed by atoms with E-state index < -0.39 is 0 Å². The summed E-state index contributed by atoms with van der Waals surface area (Å²) >= 11 is 10.7. The van der Waals surface area contributed by atoms with Crippen LogP contribution in [0.1, 0.15) is 11.4 Å². The lowest BCUT2D eigenvalue weighted by Crippen LogP contribution is -2.22. The van der Waals surface area contributed by atoms with Gasteiger partial charge in [0.1, 0.15) is 11.3 Å². The number of benzene rings is 2. The third-order valence-electron chi connectivity index (χ3n) is 3.69. The van der Waals surface area contributed by atoms with Crippen molar-refractivity contribution in [1.29, 1.82) is 0 Å². The van der Waals surface area contributed by atoms with Gasteiger partial charge in [-0.05, 0) is 42.0 Å². The summed E-state index contributed by atoms with van der Waals surface area (Å²) in [6, 6.07) is 12.9. The van der Waals surface area contributed by atoms with Crippen LogP contribution in [0.2, 0.25) is 5.02 Å². The Morgan fingerprint density at radius 3 is 2.65 bits per heavy atom. The number of halogens is 2. The van der Waals surface area contributed by atoms with Crippen LogP contribution >= 0.6 is 38.9 Å². The van der Waals surface area contributed by atoms with E-state index >= 15 is 0 Å². The minimum absolute atomic E-state index is 0.209. The van der Waals surface area contributed by atoms with Gasteiger partial charge in [-0.25, -0.2) is 9.55 Å². The zero-order valence-corrected chi connectivity index (χ0v) is 16.3. The summed E-state index contributed by atoms with van der Waals surface area (Å²) in [5.41, 5.74) is 2.89. The zero-order chi connectivity index (χ0) is 18.1. The molecule has 2 heterocycles. The summed E-state index contributed by atoms with van der Waals surface area (Å²) in [5.74, 6) is 0.462. The van der Waals surface area contributed by atoms with Gasteiger partial charge in [0.25, 0.3) is 5.56 Å². The van der Waals surface area contributed by atoms with Crippen molar-refractivity contribution in [3.05, 3.63) is 79.2 Å². The van der Waals surface area contributed by atoms with Crippen LogP contribution in [-0.2, 0) is 0 Å². The largest absolute Gasteiger partial charge is 0.268 e. The van der Waals surface area contributed by atoms with Gasteiger partial charge < -0.3 is 0 Å². The molecule has 5 nitrogen and oxygen atoms in total. The molecular formula is C18H10BrClN4OS. The number of rotatable bonds is 3. The Hall–Kier alpha value is -2.35. The molecule has 0 spiro atoms. The number of hydrogen-bond acceptors (Lipinski definition) is 5. The normalized spacial score (nSPS) is 11.5. The van der Waals surface area contributed by atoms with Crippen LogP contribution in [0.5, 0.6) is 0 Å². The van der Waals surface area contributed by atoms with Crippen LogP contribution in [0.4, 0.5) is 0 Å². The van der Waals surface area contributed by atoms with Crippen molar-refractivity contribution in [2.24, 2.45) is 0 Å². The highest BCUT2D eigenvalue weighted by Gasteiger charge is 2.13. The maximum absolute atomic E-state index is 13.0. The standard InChI is InChI=1S/C18H10BrClN4OS/c19-12-4-1-11(2-5-12)3-8-16-22-15-9-13(20)6-7-14(15)17(25)24(16)18-23-21-10-26-18/h1-10H/b8-3+. The molecule has 0 saturated carbocycles. The molecular weight excluding hydrogens is 436 g/mol. The van der Waals surface area contributed by atoms with Crippen molar-refractivity contribution in [3.63, 3.8) is 0 Å². The Morgan fingerprint density at radius 2 is 1.92 bits per heavy atom. The van der Waals surface area contributed by atoms with Gasteiger partial charge in [0.15, 0.2) is 0 Å². The summed E-state index contributed by atoms with van der Waals surface area (Å²) < 4.78 is 2.46. The van der Waals surface area contributed by atoms with Gasteiger partial charge in [0, 0.05) is 9.50 Å². The van der Waals surface area contributed by atoms with E-state index in [1.54, 1.807) is 29.8 Å². The average molecular weight is 446 g/mol. The molecule has 0 amide bonds. The van der Waals surface area contributed by atoms with Crippen molar-refractivity contribution in [2.75, 3.05) is 0 Å². The van der Waals surface area contributed by atoms with Crippen LogP contribution in [0.25, 0.3) is 28.2 Å². The molecule has 0 atom stereocenters. The molecule has 26 heavy (non-hydrogen) atoms. The average Bonchev–Trinajstić information content (AvgIpc) is 3.15. The molecule has 0 aliphatic carbocycles. The topological polar surface area (TPSA) is 60.7 Å². The summed E-state index contributed by atoms with van der Waals surface area (Å²) in [6.45, 7) is 0.